The Morgan fingerprint density at radius 3 is 2.18 bits per heavy atom. The van der Waals surface area contributed by atoms with Crippen LogP contribution < -0.4 is 4.74 Å². The topological polar surface area (TPSA) is 35.5 Å². The predicted molar refractivity (Wildman–Crippen MR) is 70.6 cm³/mol. The quantitative estimate of drug-likeness (QED) is 0.665. The number of benzene rings is 1. The first-order valence-corrected chi connectivity index (χ1v) is 5.90. The van der Waals surface area contributed by atoms with E-state index >= 15 is 0 Å². The lowest BCUT2D eigenvalue weighted by molar-refractivity contribution is -0.154. The maximum absolute atomic E-state index is 11.8. The Bertz CT molecular complexity index is 379. The average molecular weight is 254 g/mol. The third-order valence-electron chi connectivity index (χ3n) is 2.06. The fourth-order valence-corrected chi connectivity index (χ4v) is 1.50. The second-order valence-corrected chi connectivity index (χ2v) is 5.23. The monoisotopic (exact) mass is 254 g/mol. The van der Waals surface area contributed by atoms with E-state index in [0.717, 1.165) is 11.3 Å². The van der Waals surface area contributed by atoms with E-state index in [-0.39, 0.29) is 5.97 Å². The maximum atomic E-state index is 11.8. The van der Waals surface area contributed by atoms with Gasteiger partial charge in [-0.15, -0.1) is 0 Å². The zero-order valence-electron chi connectivity index (χ0n) is 10.6. The summed E-state index contributed by atoms with van der Waals surface area (Å²) in [5, 5.41) is -0.569. The molecule has 0 heterocycles. The molecular formula is C13H18O3S. The molecule has 1 aromatic rings. The molecule has 94 valence electrons. The Morgan fingerprint density at radius 1 is 1.24 bits per heavy atom. The summed E-state index contributed by atoms with van der Waals surface area (Å²) < 4.78 is 10.3. The Kier molecular flexibility index (Phi) is 4.46. The van der Waals surface area contributed by atoms with Gasteiger partial charge in [-0.25, -0.2) is 0 Å². The highest BCUT2D eigenvalue weighted by atomic mass is 32.1. The van der Waals surface area contributed by atoms with Crippen molar-refractivity contribution in [3.05, 3.63) is 29.8 Å². The lowest BCUT2D eigenvalue weighted by Gasteiger charge is -2.22. The van der Waals surface area contributed by atoms with Gasteiger partial charge in [0.15, 0.2) is 0 Å². The molecule has 0 aromatic heterocycles. The molecule has 0 saturated carbocycles. The molecule has 3 nitrogen and oxygen atoms in total. The summed E-state index contributed by atoms with van der Waals surface area (Å²) in [4.78, 5) is 11.8. The third kappa shape index (κ3) is 4.30. The Balaban J connectivity index is 2.74. The van der Waals surface area contributed by atoms with Gasteiger partial charge in [0.1, 0.15) is 16.6 Å². The normalized spacial score (nSPS) is 13.0. The number of thiol groups is 1. The van der Waals surface area contributed by atoms with Crippen LogP contribution in [0.3, 0.4) is 0 Å². The van der Waals surface area contributed by atoms with Crippen LogP contribution in [0.1, 0.15) is 31.6 Å². The maximum Gasteiger partial charge on any atom is 0.323 e. The van der Waals surface area contributed by atoms with E-state index < -0.39 is 10.9 Å². The molecule has 0 N–H and O–H groups in total. The van der Waals surface area contributed by atoms with E-state index in [9.17, 15) is 4.79 Å². The second kappa shape index (κ2) is 5.45. The van der Waals surface area contributed by atoms with Crippen LogP contribution in [-0.4, -0.2) is 18.7 Å². The van der Waals surface area contributed by atoms with Crippen molar-refractivity contribution in [1.82, 2.24) is 0 Å². The van der Waals surface area contributed by atoms with E-state index in [4.69, 9.17) is 9.47 Å². The molecule has 1 rings (SSSR count). The number of carbonyl (C=O) groups is 1. The molecular weight excluding hydrogens is 236 g/mol. The third-order valence-corrected chi connectivity index (χ3v) is 2.57. The summed E-state index contributed by atoms with van der Waals surface area (Å²) in [7, 11) is 1.60. The van der Waals surface area contributed by atoms with Crippen molar-refractivity contribution in [1.29, 1.82) is 0 Å². The van der Waals surface area contributed by atoms with Crippen molar-refractivity contribution in [2.45, 2.75) is 31.6 Å². The van der Waals surface area contributed by atoms with Crippen LogP contribution in [0.4, 0.5) is 0 Å². The molecule has 0 saturated heterocycles. The summed E-state index contributed by atoms with van der Waals surface area (Å²) >= 11 is 4.27. The number of esters is 1. The predicted octanol–water partition coefficient (Wildman–Crippen LogP) is 3.01. The largest absolute Gasteiger partial charge is 0.497 e. The lowest BCUT2D eigenvalue weighted by atomic mass is 10.1. The first kappa shape index (κ1) is 13.9. The summed E-state index contributed by atoms with van der Waals surface area (Å²) in [6.07, 6.45) is 0. The second-order valence-electron chi connectivity index (χ2n) is 4.71. The van der Waals surface area contributed by atoms with Gasteiger partial charge >= 0.3 is 5.97 Å². The highest BCUT2D eigenvalue weighted by molar-refractivity contribution is 7.81. The molecule has 0 aliphatic heterocycles. The highest BCUT2D eigenvalue weighted by Crippen LogP contribution is 2.25. The lowest BCUT2D eigenvalue weighted by Crippen LogP contribution is -2.26. The molecule has 0 aliphatic carbocycles. The van der Waals surface area contributed by atoms with Crippen molar-refractivity contribution in [2.75, 3.05) is 7.11 Å². The van der Waals surface area contributed by atoms with Gasteiger partial charge in [0.05, 0.1) is 7.11 Å². The molecule has 0 fully saturated rings. The number of hydrogen-bond acceptors (Lipinski definition) is 4. The SMILES string of the molecule is COc1ccc(C(S)C(=O)OC(C)(C)C)cc1. The standard InChI is InChI=1S/C13H18O3S/c1-13(2,3)16-12(14)11(17)9-5-7-10(15-4)8-6-9/h5-8,11,17H,1-4H3. The van der Waals surface area contributed by atoms with Crippen LogP contribution in [0.25, 0.3) is 0 Å². The van der Waals surface area contributed by atoms with Gasteiger partial charge in [0, 0.05) is 0 Å². The number of rotatable bonds is 3. The number of ether oxygens (including phenoxy) is 2. The van der Waals surface area contributed by atoms with Crippen molar-refractivity contribution >= 4 is 18.6 Å². The molecule has 1 atom stereocenters. The van der Waals surface area contributed by atoms with Crippen LogP contribution in [0.5, 0.6) is 5.75 Å². The van der Waals surface area contributed by atoms with E-state index in [2.05, 4.69) is 12.6 Å². The number of carbonyl (C=O) groups excluding carboxylic acids is 1. The number of hydrogen-bond donors (Lipinski definition) is 1. The Hall–Kier alpha value is -1.16. The smallest absolute Gasteiger partial charge is 0.323 e. The Labute approximate surface area is 108 Å². The zero-order chi connectivity index (χ0) is 13.1. The fraction of sp³-hybridized carbons (Fsp3) is 0.462. The van der Waals surface area contributed by atoms with Crippen molar-refractivity contribution in [3.8, 4) is 5.75 Å². The Morgan fingerprint density at radius 2 is 1.76 bits per heavy atom. The first-order valence-electron chi connectivity index (χ1n) is 5.38. The van der Waals surface area contributed by atoms with E-state index in [1.807, 2.05) is 20.8 Å². The average Bonchev–Trinajstić information content (AvgIpc) is 2.26. The molecule has 0 spiro atoms. The molecule has 0 aliphatic rings. The van der Waals surface area contributed by atoms with E-state index in [1.54, 1.807) is 31.4 Å². The summed E-state index contributed by atoms with van der Waals surface area (Å²) in [5.74, 6) is 0.407. The minimum atomic E-state index is -0.569. The van der Waals surface area contributed by atoms with Gasteiger partial charge in [-0.2, -0.15) is 12.6 Å². The molecule has 0 bridgehead atoms. The van der Waals surface area contributed by atoms with Crippen LogP contribution >= 0.6 is 12.6 Å². The van der Waals surface area contributed by atoms with Gasteiger partial charge in [-0.3, -0.25) is 4.79 Å². The van der Waals surface area contributed by atoms with E-state index in [0.29, 0.717) is 0 Å². The summed E-state index contributed by atoms with van der Waals surface area (Å²) in [5.41, 5.74) is 0.299. The van der Waals surface area contributed by atoms with Crippen LogP contribution in [0.2, 0.25) is 0 Å². The molecule has 0 amide bonds. The fourth-order valence-electron chi connectivity index (χ4n) is 1.28. The molecule has 1 aromatic carbocycles. The summed E-state index contributed by atoms with van der Waals surface area (Å²) in [6, 6.07) is 7.20. The first-order chi connectivity index (χ1) is 7.83. The van der Waals surface area contributed by atoms with Gasteiger partial charge < -0.3 is 9.47 Å². The zero-order valence-corrected chi connectivity index (χ0v) is 11.5. The van der Waals surface area contributed by atoms with Crippen LogP contribution in [-0.2, 0) is 9.53 Å². The molecule has 0 radical (unpaired) electrons. The van der Waals surface area contributed by atoms with Gasteiger partial charge in [-0.05, 0) is 38.5 Å². The van der Waals surface area contributed by atoms with Crippen LogP contribution in [0, 0.1) is 0 Å². The molecule has 1 unspecified atom stereocenters. The van der Waals surface area contributed by atoms with Crippen LogP contribution in [0.15, 0.2) is 24.3 Å². The summed E-state index contributed by atoms with van der Waals surface area (Å²) in [6.45, 7) is 5.50. The van der Waals surface area contributed by atoms with Crippen molar-refractivity contribution in [2.24, 2.45) is 0 Å². The molecule has 17 heavy (non-hydrogen) atoms. The minimum absolute atomic E-state index is 0.342. The molecule has 4 heteroatoms. The number of methoxy groups -OCH3 is 1. The van der Waals surface area contributed by atoms with Gasteiger partial charge in [0.25, 0.3) is 0 Å². The van der Waals surface area contributed by atoms with Crippen molar-refractivity contribution < 1.29 is 14.3 Å². The minimum Gasteiger partial charge on any atom is -0.497 e. The van der Waals surface area contributed by atoms with Gasteiger partial charge in [0.2, 0.25) is 0 Å². The van der Waals surface area contributed by atoms with E-state index in [1.165, 1.54) is 0 Å². The van der Waals surface area contributed by atoms with Crippen molar-refractivity contribution in [3.63, 3.8) is 0 Å². The highest BCUT2D eigenvalue weighted by Gasteiger charge is 2.23. The van der Waals surface area contributed by atoms with Gasteiger partial charge in [-0.1, -0.05) is 12.1 Å².